The zero-order valence-corrected chi connectivity index (χ0v) is 19.3. The molecular formula is C23H40N2O4S. The number of carbonyl (C=O) groups is 2. The highest BCUT2D eigenvalue weighted by Gasteiger charge is 2.47. The maximum atomic E-state index is 12.1. The van der Waals surface area contributed by atoms with Crippen molar-refractivity contribution in [1.82, 2.24) is 10.6 Å². The van der Waals surface area contributed by atoms with Crippen molar-refractivity contribution >= 4 is 29.1 Å². The third-order valence-corrected chi connectivity index (χ3v) is 6.87. The Hall–Kier alpha value is -1.21. The molecule has 3 N–H and O–H groups in total. The molecule has 0 aromatic rings. The van der Waals surface area contributed by atoms with Crippen molar-refractivity contribution in [2.24, 2.45) is 11.8 Å². The summed E-state index contributed by atoms with van der Waals surface area (Å²) >= 11 is 5.28. The van der Waals surface area contributed by atoms with Gasteiger partial charge in [0.25, 0.3) is 0 Å². The first kappa shape index (κ1) is 25.1. The minimum absolute atomic E-state index is 0.00639. The molecule has 0 aromatic heterocycles. The Morgan fingerprint density at radius 3 is 2.30 bits per heavy atom. The van der Waals surface area contributed by atoms with Gasteiger partial charge in [0, 0.05) is 13.0 Å². The molecule has 1 amide bonds. The number of carboxylic acid groups (broad SMARTS) is 1. The van der Waals surface area contributed by atoms with Crippen LogP contribution < -0.4 is 10.6 Å². The van der Waals surface area contributed by atoms with Crippen LogP contribution in [0, 0.1) is 11.8 Å². The van der Waals surface area contributed by atoms with E-state index in [1.807, 2.05) is 0 Å². The standard InChI is InChI=1S/C23H40N2O4S/c1-2-3-6-10-22(30)25-16-21(26)24-15-14-18-17(19-12-13-20(18)29-19)9-7-4-5-8-11-23(27)28/h17-20H,2-16H2,1H3,(H,24,26)(H,25,30)(H,27,28)/t17-,18+,19-,20+/m1/s1. The summed E-state index contributed by atoms with van der Waals surface area (Å²) in [5, 5.41) is 14.8. The monoisotopic (exact) mass is 440 g/mol. The van der Waals surface area contributed by atoms with Gasteiger partial charge in [-0.25, -0.2) is 0 Å². The van der Waals surface area contributed by atoms with E-state index in [0.29, 0.717) is 30.6 Å². The van der Waals surface area contributed by atoms with Crippen LogP contribution in [0.5, 0.6) is 0 Å². The van der Waals surface area contributed by atoms with Crippen molar-refractivity contribution < 1.29 is 19.4 Å². The van der Waals surface area contributed by atoms with Crippen molar-refractivity contribution in [2.75, 3.05) is 13.1 Å². The van der Waals surface area contributed by atoms with Gasteiger partial charge in [-0.05, 0) is 56.8 Å². The number of thiocarbonyl (C=S) groups is 1. The molecule has 2 heterocycles. The number of unbranched alkanes of at least 4 members (excludes halogenated alkanes) is 5. The number of aliphatic carboxylic acids is 1. The third kappa shape index (κ3) is 8.88. The zero-order valence-electron chi connectivity index (χ0n) is 18.5. The first-order chi connectivity index (χ1) is 14.5. The molecule has 4 atom stereocenters. The molecule has 0 aromatic carbocycles. The molecular weight excluding hydrogens is 400 g/mol. The van der Waals surface area contributed by atoms with E-state index in [0.717, 1.165) is 69.2 Å². The molecule has 0 saturated carbocycles. The Kier molecular flexibility index (Phi) is 11.7. The summed E-state index contributed by atoms with van der Waals surface area (Å²) in [5.41, 5.74) is 0. The van der Waals surface area contributed by atoms with Crippen LogP contribution in [-0.2, 0) is 14.3 Å². The van der Waals surface area contributed by atoms with Gasteiger partial charge in [-0.15, -0.1) is 0 Å². The van der Waals surface area contributed by atoms with Crippen LogP contribution in [0.2, 0.25) is 0 Å². The van der Waals surface area contributed by atoms with E-state index in [2.05, 4.69) is 17.6 Å². The van der Waals surface area contributed by atoms with Crippen LogP contribution in [0.3, 0.4) is 0 Å². The molecule has 2 aliphatic heterocycles. The zero-order chi connectivity index (χ0) is 21.8. The molecule has 172 valence electrons. The van der Waals surface area contributed by atoms with Crippen molar-refractivity contribution in [3.63, 3.8) is 0 Å². The van der Waals surface area contributed by atoms with Gasteiger partial charge in [0.15, 0.2) is 0 Å². The second kappa shape index (κ2) is 14.0. The largest absolute Gasteiger partial charge is 0.481 e. The third-order valence-electron chi connectivity index (χ3n) is 6.52. The molecule has 2 fully saturated rings. The molecule has 6 nitrogen and oxygen atoms in total. The van der Waals surface area contributed by atoms with Gasteiger partial charge in [0.1, 0.15) is 0 Å². The number of ether oxygens (including phenoxy) is 1. The van der Waals surface area contributed by atoms with E-state index in [9.17, 15) is 9.59 Å². The molecule has 0 unspecified atom stereocenters. The Bertz CT molecular complexity index is 557. The summed E-state index contributed by atoms with van der Waals surface area (Å²) in [5.74, 6) is 0.426. The Morgan fingerprint density at radius 2 is 1.60 bits per heavy atom. The van der Waals surface area contributed by atoms with Crippen molar-refractivity contribution in [3.05, 3.63) is 0 Å². The number of carbonyl (C=O) groups excluding carboxylic acids is 1. The Balaban J connectivity index is 1.60. The van der Waals surface area contributed by atoms with E-state index in [1.165, 1.54) is 12.8 Å². The fourth-order valence-corrected chi connectivity index (χ4v) is 5.14. The van der Waals surface area contributed by atoms with Crippen LogP contribution in [0.4, 0.5) is 0 Å². The predicted molar refractivity (Wildman–Crippen MR) is 123 cm³/mol. The van der Waals surface area contributed by atoms with E-state index >= 15 is 0 Å². The molecule has 2 bridgehead atoms. The van der Waals surface area contributed by atoms with Gasteiger partial charge >= 0.3 is 5.97 Å². The average Bonchev–Trinajstić information content (AvgIpc) is 3.31. The maximum absolute atomic E-state index is 12.1. The fraction of sp³-hybridized carbons (Fsp3) is 0.870. The molecule has 30 heavy (non-hydrogen) atoms. The summed E-state index contributed by atoms with van der Waals surface area (Å²) in [6, 6.07) is 0. The van der Waals surface area contributed by atoms with Crippen LogP contribution in [-0.4, -0.2) is 47.3 Å². The van der Waals surface area contributed by atoms with Crippen molar-refractivity contribution in [2.45, 2.75) is 103 Å². The molecule has 0 spiro atoms. The van der Waals surface area contributed by atoms with Crippen molar-refractivity contribution in [1.29, 1.82) is 0 Å². The smallest absolute Gasteiger partial charge is 0.303 e. The lowest BCUT2D eigenvalue weighted by Crippen LogP contribution is -2.38. The van der Waals surface area contributed by atoms with E-state index in [1.54, 1.807) is 0 Å². The normalized spacial score (nSPS) is 24.7. The maximum Gasteiger partial charge on any atom is 0.303 e. The number of rotatable bonds is 16. The lowest BCUT2D eigenvalue weighted by molar-refractivity contribution is -0.137. The molecule has 2 rings (SSSR count). The first-order valence-corrected chi connectivity index (χ1v) is 12.3. The van der Waals surface area contributed by atoms with Crippen LogP contribution in [0.25, 0.3) is 0 Å². The summed E-state index contributed by atoms with van der Waals surface area (Å²) in [6.07, 6.45) is 13.7. The van der Waals surface area contributed by atoms with E-state index < -0.39 is 5.97 Å². The SMILES string of the molecule is CCCCCC(=S)NCC(=O)NCC[C@H]1[C@@H](CCCCCCC(=O)O)[C@H]2CC[C@@H]1O2. The molecule has 0 aliphatic carbocycles. The van der Waals surface area contributed by atoms with Gasteiger partial charge < -0.3 is 20.5 Å². The predicted octanol–water partition coefficient (Wildman–Crippen LogP) is 4.21. The van der Waals surface area contributed by atoms with Crippen LogP contribution in [0.15, 0.2) is 0 Å². The number of hydrogen-bond donors (Lipinski definition) is 3. The van der Waals surface area contributed by atoms with Gasteiger partial charge in [-0.1, -0.05) is 51.2 Å². The summed E-state index contributed by atoms with van der Waals surface area (Å²) in [6.45, 7) is 3.12. The van der Waals surface area contributed by atoms with E-state index in [-0.39, 0.29) is 18.9 Å². The summed E-state index contributed by atoms with van der Waals surface area (Å²) in [7, 11) is 0. The highest BCUT2D eigenvalue weighted by atomic mass is 32.1. The second-order valence-electron chi connectivity index (χ2n) is 8.84. The van der Waals surface area contributed by atoms with E-state index in [4.69, 9.17) is 22.1 Å². The Morgan fingerprint density at radius 1 is 0.933 bits per heavy atom. The fourth-order valence-electron chi connectivity index (χ4n) is 4.92. The lowest BCUT2D eigenvalue weighted by Gasteiger charge is -2.28. The summed E-state index contributed by atoms with van der Waals surface area (Å²) < 4.78 is 6.17. The van der Waals surface area contributed by atoms with Gasteiger partial charge in [-0.3, -0.25) is 9.59 Å². The number of amides is 1. The van der Waals surface area contributed by atoms with Crippen LogP contribution >= 0.6 is 12.2 Å². The second-order valence-corrected chi connectivity index (χ2v) is 9.33. The number of carboxylic acids is 1. The molecule has 2 aliphatic rings. The van der Waals surface area contributed by atoms with Crippen molar-refractivity contribution in [3.8, 4) is 0 Å². The topological polar surface area (TPSA) is 87.7 Å². The number of nitrogens with one attached hydrogen (secondary N) is 2. The number of fused-ring (bicyclic) bond motifs is 2. The van der Waals surface area contributed by atoms with Gasteiger partial charge in [0.2, 0.25) is 5.91 Å². The minimum Gasteiger partial charge on any atom is -0.481 e. The molecule has 7 heteroatoms. The first-order valence-electron chi connectivity index (χ1n) is 11.9. The van der Waals surface area contributed by atoms with Crippen LogP contribution in [0.1, 0.15) is 90.4 Å². The van der Waals surface area contributed by atoms with Gasteiger partial charge in [-0.2, -0.15) is 0 Å². The highest BCUT2D eigenvalue weighted by Crippen LogP contribution is 2.46. The highest BCUT2D eigenvalue weighted by molar-refractivity contribution is 7.80. The number of hydrogen-bond acceptors (Lipinski definition) is 4. The quantitative estimate of drug-likeness (QED) is 0.246. The minimum atomic E-state index is -0.702. The summed E-state index contributed by atoms with van der Waals surface area (Å²) in [4.78, 5) is 23.5. The lowest BCUT2D eigenvalue weighted by atomic mass is 9.75. The molecule has 0 radical (unpaired) electrons. The molecule has 2 saturated heterocycles. The Labute approximate surface area is 186 Å². The average molecular weight is 441 g/mol. The van der Waals surface area contributed by atoms with Gasteiger partial charge in [0.05, 0.1) is 23.7 Å².